The fourth-order valence-electron chi connectivity index (χ4n) is 1.97. The van der Waals surface area contributed by atoms with E-state index in [0.29, 0.717) is 11.6 Å². The minimum atomic E-state index is -0.358. The first kappa shape index (κ1) is 15.8. The van der Waals surface area contributed by atoms with E-state index in [0.717, 1.165) is 17.8 Å². The van der Waals surface area contributed by atoms with Crippen molar-refractivity contribution in [1.29, 1.82) is 0 Å². The first-order valence-corrected chi connectivity index (χ1v) is 6.88. The summed E-state index contributed by atoms with van der Waals surface area (Å²) in [6.45, 7) is 7.85. The summed E-state index contributed by atoms with van der Waals surface area (Å²) in [5.41, 5.74) is 7.29. The normalized spacial score (nSPS) is 10.8. The molecule has 0 aromatic heterocycles. The Hall–Kier alpha value is -1.26. The van der Waals surface area contributed by atoms with Crippen molar-refractivity contribution in [2.75, 3.05) is 18.0 Å². The van der Waals surface area contributed by atoms with Crippen molar-refractivity contribution in [2.45, 2.75) is 33.4 Å². The Kier molecular flexibility index (Phi) is 6.12. The molecule has 0 atom stereocenters. The first-order valence-electron chi connectivity index (χ1n) is 6.50. The molecule has 3 N–H and O–H groups in total. The van der Waals surface area contributed by atoms with Crippen molar-refractivity contribution in [3.8, 4) is 0 Å². The van der Waals surface area contributed by atoms with Gasteiger partial charge < -0.3 is 16.0 Å². The number of primary amides is 1. The molecule has 0 unspecified atom stereocenters. The molecule has 0 aliphatic heterocycles. The zero-order valence-electron chi connectivity index (χ0n) is 11.7. The van der Waals surface area contributed by atoms with Crippen LogP contribution in [-0.2, 0) is 11.3 Å². The third-order valence-corrected chi connectivity index (χ3v) is 3.18. The minimum Gasteiger partial charge on any atom is -0.368 e. The van der Waals surface area contributed by atoms with Gasteiger partial charge in [-0.2, -0.15) is 0 Å². The lowest BCUT2D eigenvalue weighted by molar-refractivity contribution is -0.116. The average molecular weight is 284 g/mol. The van der Waals surface area contributed by atoms with Gasteiger partial charge in [-0.1, -0.05) is 30.7 Å². The molecule has 5 heteroatoms. The number of carbonyl (C=O) groups excluding carboxylic acids is 1. The van der Waals surface area contributed by atoms with E-state index in [1.54, 1.807) is 0 Å². The monoisotopic (exact) mass is 283 g/mol. The van der Waals surface area contributed by atoms with Gasteiger partial charge >= 0.3 is 0 Å². The van der Waals surface area contributed by atoms with Crippen LogP contribution in [0.25, 0.3) is 0 Å². The number of hydrogen-bond acceptors (Lipinski definition) is 3. The number of halogens is 1. The van der Waals surface area contributed by atoms with Gasteiger partial charge in [0.15, 0.2) is 0 Å². The highest BCUT2D eigenvalue weighted by molar-refractivity contribution is 6.33. The SMILES string of the molecule is CCNCc1cccc(Cl)c1N(CC(N)=O)C(C)C. The molecular formula is C14H22ClN3O. The van der Waals surface area contributed by atoms with Gasteiger partial charge in [0.2, 0.25) is 5.91 Å². The van der Waals surface area contributed by atoms with Crippen LogP contribution >= 0.6 is 11.6 Å². The van der Waals surface area contributed by atoms with E-state index in [-0.39, 0.29) is 18.5 Å². The van der Waals surface area contributed by atoms with E-state index in [2.05, 4.69) is 5.32 Å². The second-order valence-corrected chi connectivity index (χ2v) is 5.12. The highest BCUT2D eigenvalue weighted by Crippen LogP contribution is 2.31. The average Bonchev–Trinajstić information content (AvgIpc) is 2.33. The molecule has 0 saturated carbocycles. The van der Waals surface area contributed by atoms with Gasteiger partial charge in [0, 0.05) is 12.6 Å². The maximum Gasteiger partial charge on any atom is 0.236 e. The molecule has 0 aliphatic rings. The van der Waals surface area contributed by atoms with Crippen LogP contribution in [0.15, 0.2) is 18.2 Å². The zero-order valence-corrected chi connectivity index (χ0v) is 12.5. The van der Waals surface area contributed by atoms with Crippen LogP contribution in [0.2, 0.25) is 5.02 Å². The molecule has 0 fully saturated rings. The Morgan fingerprint density at radius 2 is 2.16 bits per heavy atom. The minimum absolute atomic E-state index is 0.146. The summed E-state index contributed by atoms with van der Waals surface area (Å²) in [6.07, 6.45) is 0. The van der Waals surface area contributed by atoms with Crippen molar-refractivity contribution in [1.82, 2.24) is 5.32 Å². The second kappa shape index (κ2) is 7.36. The van der Waals surface area contributed by atoms with E-state index < -0.39 is 0 Å². The molecule has 1 aromatic rings. The number of anilines is 1. The summed E-state index contributed by atoms with van der Waals surface area (Å²) in [5.74, 6) is -0.358. The van der Waals surface area contributed by atoms with Gasteiger partial charge in [0.05, 0.1) is 17.3 Å². The molecule has 0 bridgehead atoms. The molecular weight excluding hydrogens is 262 g/mol. The highest BCUT2D eigenvalue weighted by atomic mass is 35.5. The number of benzene rings is 1. The zero-order chi connectivity index (χ0) is 14.4. The quantitative estimate of drug-likeness (QED) is 0.806. The highest BCUT2D eigenvalue weighted by Gasteiger charge is 2.19. The molecule has 1 rings (SSSR count). The maximum atomic E-state index is 11.2. The van der Waals surface area contributed by atoms with Gasteiger partial charge in [0.1, 0.15) is 0 Å². The predicted molar refractivity (Wildman–Crippen MR) is 80.5 cm³/mol. The molecule has 0 radical (unpaired) electrons. The van der Waals surface area contributed by atoms with Crippen LogP contribution in [0.5, 0.6) is 0 Å². The Balaban J connectivity index is 3.15. The summed E-state index contributed by atoms with van der Waals surface area (Å²) in [7, 11) is 0. The summed E-state index contributed by atoms with van der Waals surface area (Å²) in [5, 5.41) is 3.92. The Morgan fingerprint density at radius 3 is 2.68 bits per heavy atom. The van der Waals surface area contributed by atoms with Crippen molar-refractivity contribution < 1.29 is 4.79 Å². The fraction of sp³-hybridized carbons (Fsp3) is 0.500. The molecule has 0 heterocycles. The lowest BCUT2D eigenvalue weighted by Crippen LogP contribution is -2.39. The smallest absolute Gasteiger partial charge is 0.236 e. The number of para-hydroxylation sites is 1. The second-order valence-electron chi connectivity index (χ2n) is 4.72. The molecule has 0 spiro atoms. The van der Waals surface area contributed by atoms with Crippen LogP contribution in [-0.4, -0.2) is 25.0 Å². The summed E-state index contributed by atoms with van der Waals surface area (Å²) in [4.78, 5) is 13.2. The van der Waals surface area contributed by atoms with E-state index in [9.17, 15) is 4.79 Å². The Bertz CT molecular complexity index is 435. The number of nitrogens with two attached hydrogens (primary N) is 1. The summed E-state index contributed by atoms with van der Waals surface area (Å²) in [6, 6.07) is 5.91. The van der Waals surface area contributed by atoms with Crippen LogP contribution in [0.3, 0.4) is 0 Å². The van der Waals surface area contributed by atoms with E-state index in [4.69, 9.17) is 17.3 Å². The van der Waals surface area contributed by atoms with Gasteiger partial charge in [0.25, 0.3) is 0 Å². The molecule has 19 heavy (non-hydrogen) atoms. The molecule has 1 amide bonds. The number of rotatable bonds is 7. The number of amides is 1. The van der Waals surface area contributed by atoms with Crippen molar-refractivity contribution in [3.05, 3.63) is 28.8 Å². The third kappa shape index (κ3) is 4.40. The van der Waals surface area contributed by atoms with E-state index in [1.165, 1.54) is 0 Å². The van der Waals surface area contributed by atoms with E-state index in [1.807, 2.05) is 43.9 Å². The maximum absolute atomic E-state index is 11.2. The molecule has 1 aromatic carbocycles. The number of nitrogens with zero attached hydrogens (tertiary/aromatic N) is 1. The standard InChI is InChI=1S/C14H22ClN3O/c1-4-17-8-11-6-5-7-12(15)14(11)18(10(2)3)9-13(16)19/h5-7,10,17H,4,8-9H2,1-3H3,(H2,16,19). The van der Waals surface area contributed by atoms with Gasteiger partial charge in [-0.15, -0.1) is 0 Å². The van der Waals surface area contributed by atoms with Crippen LogP contribution in [0, 0.1) is 0 Å². The van der Waals surface area contributed by atoms with Crippen LogP contribution in [0.4, 0.5) is 5.69 Å². The van der Waals surface area contributed by atoms with Gasteiger partial charge in [-0.3, -0.25) is 4.79 Å². The van der Waals surface area contributed by atoms with Crippen molar-refractivity contribution in [3.63, 3.8) is 0 Å². The molecule has 0 aliphatic carbocycles. The number of carbonyl (C=O) groups is 1. The fourth-order valence-corrected chi connectivity index (χ4v) is 2.27. The Morgan fingerprint density at radius 1 is 1.47 bits per heavy atom. The lowest BCUT2D eigenvalue weighted by atomic mass is 10.1. The topological polar surface area (TPSA) is 58.4 Å². The lowest BCUT2D eigenvalue weighted by Gasteiger charge is -2.30. The van der Waals surface area contributed by atoms with Gasteiger partial charge in [-0.05, 0) is 32.0 Å². The van der Waals surface area contributed by atoms with Crippen molar-refractivity contribution in [2.24, 2.45) is 5.73 Å². The van der Waals surface area contributed by atoms with Crippen LogP contribution < -0.4 is 16.0 Å². The predicted octanol–water partition coefficient (Wildman–Crippen LogP) is 2.15. The van der Waals surface area contributed by atoms with Gasteiger partial charge in [-0.25, -0.2) is 0 Å². The number of nitrogens with one attached hydrogen (secondary N) is 1. The molecule has 0 saturated heterocycles. The van der Waals surface area contributed by atoms with Crippen LogP contribution in [0.1, 0.15) is 26.3 Å². The number of hydrogen-bond donors (Lipinski definition) is 2. The molecule has 106 valence electrons. The van der Waals surface area contributed by atoms with E-state index >= 15 is 0 Å². The molecule has 4 nitrogen and oxygen atoms in total. The summed E-state index contributed by atoms with van der Waals surface area (Å²) < 4.78 is 0. The summed E-state index contributed by atoms with van der Waals surface area (Å²) >= 11 is 6.31. The third-order valence-electron chi connectivity index (χ3n) is 2.87. The Labute approximate surface area is 119 Å². The first-order chi connectivity index (χ1) is 8.97. The largest absolute Gasteiger partial charge is 0.368 e. The van der Waals surface area contributed by atoms with Crippen molar-refractivity contribution >= 4 is 23.2 Å².